The Hall–Kier alpha value is -1.47. The van der Waals surface area contributed by atoms with Gasteiger partial charge in [-0.25, -0.2) is 0 Å². The van der Waals surface area contributed by atoms with Crippen LogP contribution in [0.4, 0.5) is 0 Å². The number of fused-ring (bicyclic) bond motifs is 1. The third-order valence-corrected chi connectivity index (χ3v) is 7.90. The Kier molecular flexibility index (Phi) is 4.93. The van der Waals surface area contributed by atoms with E-state index in [0.717, 1.165) is 18.3 Å². The maximum Gasteiger partial charge on any atom is 0.231 e. The Morgan fingerprint density at radius 3 is 2.76 bits per heavy atom. The minimum Gasteiger partial charge on any atom is -0.491 e. The van der Waals surface area contributed by atoms with E-state index in [2.05, 4.69) is 21.2 Å². The van der Waals surface area contributed by atoms with Crippen molar-refractivity contribution in [2.45, 2.75) is 55.4 Å². The van der Waals surface area contributed by atoms with Crippen LogP contribution < -0.4 is 19.5 Å². The molecule has 0 radical (unpaired) electrons. The lowest BCUT2D eigenvalue weighted by atomic mass is 9.48. The highest BCUT2D eigenvalue weighted by Crippen LogP contribution is 2.65. The summed E-state index contributed by atoms with van der Waals surface area (Å²) < 4.78 is 16.5. The van der Waals surface area contributed by atoms with Gasteiger partial charge in [0, 0.05) is 23.4 Å². The maximum absolute atomic E-state index is 12.6. The van der Waals surface area contributed by atoms with E-state index < -0.39 is 6.10 Å². The lowest BCUT2D eigenvalue weighted by Crippen LogP contribution is -2.54. The minimum absolute atomic E-state index is 0.0465. The topological polar surface area (TPSA) is 77.0 Å². The van der Waals surface area contributed by atoms with Crippen LogP contribution >= 0.6 is 15.9 Å². The van der Waals surface area contributed by atoms with Crippen LogP contribution in [0.15, 0.2) is 18.2 Å². The molecule has 1 aromatic rings. The summed E-state index contributed by atoms with van der Waals surface area (Å²) in [5.74, 6) is 3.53. The number of aliphatic hydroxyl groups excluding tert-OH is 1. The summed E-state index contributed by atoms with van der Waals surface area (Å²) in [5.41, 5.74) is 0.144. The molecule has 4 fully saturated rings. The van der Waals surface area contributed by atoms with E-state index in [9.17, 15) is 9.90 Å². The molecule has 1 aliphatic heterocycles. The highest BCUT2D eigenvalue weighted by molar-refractivity contribution is 9.10. The van der Waals surface area contributed by atoms with Gasteiger partial charge < -0.3 is 24.6 Å². The predicted molar refractivity (Wildman–Crippen MR) is 110 cm³/mol. The molecular weight excluding hydrogens is 438 g/mol. The Labute approximate surface area is 179 Å². The number of alkyl halides is 1. The van der Waals surface area contributed by atoms with Crippen molar-refractivity contribution in [2.75, 3.05) is 19.9 Å². The van der Waals surface area contributed by atoms with Gasteiger partial charge >= 0.3 is 0 Å². The van der Waals surface area contributed by atoms with Crippen molar-refractivity contribution in [3.05, 3.63) is 18.2 Å². The van der Waals surface area contributed by atoms with Crippen LogP contribution in [0.2, 0.25) is 0 Å². The molecule has 6 rings (SSSR count). The van der Waals surface area contributed by atoms with Gasteiger partial charge in [-0.05, 0) is 67.9 Å². The van der Waals surface area contributed by atoms with E-state index in [1.165, 1.54) is 32.1 Å². The molecule has 0 spiro atoms. The zero-order valence-corrected chi connectivity index (χ0v) is 18.1. The van der Waals surface area contributed by atoms with Crippen LogP contribution in [0.25, 0.3) is 0 Å². The molecule has 0 aromatic heterocycles. The first-order valence-electron chi connectivity index (χ1n) is 10.6. The van der Waals surface area contributed by atoms with Gasteiger partial charge in [0.05, 0.1) is 0 Å². The molecule has 1 amide bonds. The average Bonchev–Trinajstić information content (AvgIpc) is 3.10. The first-order chi connectivity index (χ1) is 13.9. The first-order valence-corrected chi connectivity index (χ1v) is 11.4. The van der Waals surface area contributed by atoms with E-state index in [1.807, 2.05) is 0 Å². The number of carbonyl (C=O) groups excluding carboxylic acids is 1. The number of aliphatic hydroxyl groups is 1. The second-order valence-corrected chi connectivity index (χ2v) is 11.3. The van der Waals surface area contributed by atoms with Crippen molar-refractivity contribution < 1.29 is 24.1 Å². The molecule has 2 N–H and O–H groups in total. The van der Waals surface area contributed by atoms with Gasteiger partial charge in [-0.3, -0.25) is 4.79 Å². The number of hydrogen-bond acceptors (Lipinski definition) is 5. The Morgan fingerprint density at radius 1 is 1.24 bits per heavy atom. The molecule has 3 unspecified atom stereocenters. The minimum atomic E-state index is -0.761. The average molecular weight is 466 g/mol. The summed E-state index contributed by atoms with van der Waals surface area (Å²) >= 11 is 4.00. The number of benzene rings is 1. The number of carbonyl (C=O) groups is 1. The van der Waals surface area contributed by atoms with Crippen LogP contribution in [0.3, 0.4) is 0 Å². The molecular formula is C22H28BrNO5. The van der Waals surface area contributed by atoms with E-state index in [0.29, 0.717) is 23.7 Å². The third-order valence-electron chi connectivity index (χ3n) is 6.97. The second kappa shape index (κ2) is 7.34. The van der Waals surface area contributed by atoms with Crippen LogP contribution in [0, 0.1) is 17.3 Å². The van der Waals surface area contributed by atoms with Crippen LogP contribution in [-0.4, -0.2) is 41.4 Å². The van der Waals surface area contributed by atoms with Gasteiger partial charge in [0.25, 0.3) is 0 Å². The van der Waals surface area contributed by atoms with Crippen molar-refractivity contribution in [1.29, 1.82) is 0 Å². The van der Waals surface area contributed by atoms with Gasteiger partial charge in [-0.2, -0.15) is 0 Å². The van der Waals surface area contributed by atoms with Gasteiger partial charge in [0.1, 0.15) is 18.5 Å². The molecule has 4 bridgehead atoms. The van der Waals surface area contributed by atoms with Gasteiger partial charge in [0.15, 0.2) is 11.5 Å². The fourth-order valence-corrected chi connectivity index (χ4v) is 7.91. The number of rotatable bonds is 7. The smallest absolute Gasteiger partial charge is 0.231 e. The Bertz CT molecular complexity index is 785. The second-order valence-electron chi connectivity index (χ2n) is 9.57. The zero-order valence-electron chi connectivity index (χ0n) is 16.5. The molecule has 0 saturated heterocycles. The molecule has 3 atom stereocenters. The number of nitrogens with one attached hydrogen (secondary N) is 1. The van der Waals surface area contributed by atoms with Crippen molar-refractivity contribution in [3.63, 3.8) is 0 Å². The summed E-state index contributed by atoms with van der Waals surface area (Å²) in [4.78, 5) is 12.6. The standard InChI is InChI=1S/C22H28BrNO5/c23-22-7-14-3-15(8-22)6-21(5-14,12-22)9-20(26)24-10-16(25)11-27-17-1-2-18-19(4-17)29-13-28-18/h1-2,4,14-16,25H,3,5-13H2,(H,24,26). The van der Waals surface area contributed by atoms with Gasteiger partial charge in [-0.1, -0.05) is 15.9 Å². The summed E-state index contributed by atoms with van der Waals surface area (Å²) in [6.07, 6.45) is 7.15. The van der Waals surface area contributed by atoms with Crippen LogP contribution in [0.1, 0.15) is 44.9 Å². The van der Waals surface area contributed by atoms with Crippen molar-refractivity contribution in [1.82, 2.24) is 5.32 Å². The summed E-state index contributed by atoms with van der Waals surface area (Å²) in [6, 6.07) is 5.31. The molecule has 6 nitrogen and oxygen atoms in total. The molecule has 4 saturated carbocycles. The van der Waals surface area contributed by atoms with E-state index >= 15 is 0 Å². The number of amides is 1. The SMILES string of the molecule is O=C(CC12CC3CC(CC(Br)(C3)C1)C2)NCC(O)COc1ccc2c(c1)OCO2. The lowest BCUT2D eigenvalue weighted by Gasteiger charge is -2.60. The maximum atomic E-state index is 12.6. The highest BCUT2D eigenvalue weighted by atomic mass is 79.9. The number of hydrogen-bond donors (Lipinski definition) is 2. The van der Waals surface area contributed by atoms with Crippen LogP contribution in [0.5, 0.6) is 17.2 Å². The molecule has 158 valence electrons. The summed E-state index contributed by atoms with van der Waals surface area (Å²) in [7, 11) is 0. The first kappa shape index (κ1) is 19.5. The highest BCUT2D eigenvalue weighted by Gasteiger charge is 2.57. The zero-order chi connectivity index (χ0) is 20.1. The monoisotopic (exact) mass is 465 g/mol. The summed E-state index contributed by atoms with van der Waals surface area (Å²) in [5, 5.41) is 13.1. The molecule has 29 heavy (non-hydrogen) atoms. The Balaban J connectivity index is 1.09. The fourth-order valence-electron chi connectivity index (χ4n) is 6.40. The van der Waals surface area contributed by atoms with Crippen molar-refractivity contribution in [3.8, 4) is 17.2 Å². The molecule has 1 aromatic carbocycles. The number of halogens is 1. The third kappa shape index (κ3) is 4.08. The molecule has 4 aliphatic carbocycles. The van der Waals surface area contributed by atoms with E-state index in [-0.39, 0.29) is 35.6 Å². The van der Waals surface area contributed by atoms with Crippen LogP contribution in [-0.2, 0) is 4.79 Å². The fraction of sp³-hybridized carbons (Fsp3) is 0.682. The largest absolute Gasteiger partial charge is 0.491 e. The van der Waals surface area contributed by atoms with E-state index in [4.69, 9.17) is 14.2 Å². The quantitative estimate of drug-likeness (QED) is 0.603. The normalized spacial score (nSPS) is 34.8. The number of ether oxygens (including phenoxy) is 3. The van der Waals surface area contributed by atoms with Gasteiger partial charge in [-0.15, -0.1) is 0 Å². The molecule has 1 heterocycles. The van der Waals surface area contributed by atoms with Crippen molar-refractivity contribution >= 4 is 21.8 Å². The summed E-state index contributed by atoms with van der Waals surface area (Å²) in [6.45, 7) is 0.526. The predicted octanol–water partition coefficient (Wildman–Crippen LogP) is 3.40. The van der Waals surface area contributed by atoms with E-state index in [1.54, 1.807) is 18.2 Å². The molecule has 7 heteroatoms. The van der Waals surface area contributed by atoms with Crippen molar-refractivity contribution in [2.24, 2.45) is 17.3 Å². The lowest BCUT2D eigenvalue weighted by molar-refractivity contribution is -0.128. The van der Waals surface area contributed by atoms with Gasteiger partial charge in [0.2, 0.25) is 12.7 Å². The Morgan fingerprint density at radius 2 is 2.00 bits per heavy atom. The molecule has 5 aliphatic rings.